The molecule has 5 heteroatoms. The lowest BCUT2D eigenvalue weighted by molar-refractivity contribution is 0.0692. The predicted octanol–water partition coefficient (Wildman–Crippen LogP) is 0.961. The van der Waals surface area contributed by atoms with Crippen molar-refractivity contribution in [2.75, 3.05) is 6.54 Å². The molecule has 0 atom stereocenters. The molecule has 17 heavy (non-hydrogen) atoms. The lowest BCUT2D eigenvalue weighted by atomic mass is 10.1. The topological polar surface area (TPSA) is 92.0 Å². The largest absolute Gasteiger partial charge is 0.476 e. The van der Waals surface area contributed by atoms with Crippen LogP contribution in [0.2, 0.25) is 0 Å². The van der Waals surface area contributed by atoms with Gasteiger partial charge in [-0.25, -0.2) is 4.79 Å². The third-order valence-corrected chi connectivity index (χ3v) is 2.27. The molecule has 0 radical (unpaired) electrons. The first-order valence-electron chi connectivity index (χ1n) is 5.12. The molecule has 1 aromatic heterocycles. The molecular formula is C12H11N3O2. The van der Waals surface area contributed by atoms with Crippen LogP contribution in [0.1, 0.15) is 22.5 Å². The summed E-state index contributed by atoms with van der Waals surface area (Å²) in [5.41, 5.74) is 6.80. The maximum Gasteiger partial charge on any atom is 0.357 e. The Kier molecular flexibility index (Phi) is 3.08. The number of hydrogen-bond acceptors (Lipinski definition) is 3. The summed E-state index contributed by atoms with van der Waals surface area (Å²) in [5.74, 6) is 4.78. The number of carboxylic acid groups (broad SMARTS) is 1. The second kappa shape index (κ2) is 4.68. The van der Waals surface area contributed by atoms with Gasteiger partial charge < -0.3 is 10.8 Å². The SMILES string of the molecule is NCCC#Cc1ccc2[nH]nc(C(=O)O)c2c1. The van der Waals surface area contributed by atoms with Crippen LogP contribution in [0.25, 0.3) is 10.9 Å². The number of aromatic amines is 1. The van der Waals surface area contributed by atoms with Crippen LogP contribution in [0.5, 0.6) is 0 Å². The summed E-state index contributed by atoms with van der Waals surface area (Å²) < 4.78 is 0. The Labute approximate surface area is 97.6 Å². The second-order valence-electron chi connectivity index (χ2n) is 3.48. The molecule has 0 bridgehead atoms. The lowest BCUT2D eigenvalue weighted by Gasteiger charge is -1.92. The predicted molar refractivity (Wildman–Crippen MR) is 63.6 cm³/mol. The third kappa shape index (κ3) is 2.27. The zero-order chi connectivity index (χ0) is 12.3. The fourth-order valence-corrected chi connectivity index (χ4v) is 1.49. The van der Waals surface area contributed by atoms with Crippen LogP contribution in [0, 0.1) is 11.8 Å². The fourth-order valence-electron chi connectivity index (χ4n) is 1.49. The van der Waals surface area contributed by atoms with Gasteiger partial charge in [0.05, 0.1) is 5.52 Å². The van der Waals surface area contributed by atoms with Crippen molar-refractivity contribution < 1.29 is 9.90 Å². The molecule has 0 aliphatic carbocycles. The fraction of sp³-hybridized carbons (Fsp3) is 0.167. The number of nitrogens with two attached hydrogens (primary N) is 1. The van der Waals surface area contributed by atoms with Crippen LogP contribution in [0.3, 0.4) is 0 Å². The highest BCUT2D eigenvalue weighted by atomic mass is 16.4. The van der Waals surface area contributed by atoms with Crippen molar-refractivity contribution in [2.24, 2.45) is 5.73 Å². The Morgan fingerprint density at radius 2 is 2.35 bits per heavy atom. The van der Waals surface area contributed by atoms with Crippen molar-refractivity contribution in [3.05, 3.63) is 29.5 Å². The average Bonchev–Trinajstić information content (AvgIpc) is 2.72. The zero-order valence-electron chi connectivity index (χ0n) is 9.03. The number of nitrogens with zero attached hydrogens (tertiary/aromatic N) is 1. The van der Waals surface area contributed by atoms with E-state index in [-0.39, 0.29) is 5.69 Å². The lowest BCUT2D eigenvalue weighted by Crippen LogP contribution is -1.97. The molecule has 0 spiro atoms. The van der Waals surface area contributed by atoms with Crippen molar-refractivity contribution in [3.8, 4) is 11.8 Å². The molecule has 2 aromatic rings. The number of rotatable bonds is 2. The maximum atomic E-state index is 10.9. The molecule has 0 saturated heterocycles. The van der Waals surface area contributed by atoms with Crippen LogP contribution < -0.4 is 5.73 Å². The maximum absolute atomic E-state index is 10.9. The van der Waals surface area contributed by atoms with Gasteiger partial charge in [-0.15, -0.1) is 0 Å². The second-order valence-corrected chi connectivity index (χ2v) is 3.48. The average molecular weight is 229 g/mol. The summed E-state index contributed by atoms with van der Waals surface area (Å²) in [6, 6.07) is 5.29. The molecule has 0 saturated carbocycles. The number of hydrogen-bond donors (Lipinski definition) is 3. The first-order valence-corrected chi connectivity index (χ1v) is 5.12. The standard InChI is InChI=1S/C12H11N3O2/c13-6-2-1-3-8-4-5-10-9(7-8)11(12(16)17)15-14-10/h4-5,7H,2,6,13H2,(H,14,15)(H,16,17). The summed E-state index contributed by atoms with van der Waals surface area (Å²) in [7, 11) is 0. The van der Waals surface area contributed by atoms with Crippen molar-refractivity contribution >= 4 is 16.9 Å². The molecule has 4 N–H and O–H groups in total. The number of H-pyrrole nitrogens is 1. The third-order valence-electron chi connectivity index (χ3n) is 2.27. The summed E-state index contributed by atoms with van der Waals surface area (Å²) in [6.07, 6.45) is 0.620. The summed E-state index contributed by atoms with van der Waals surface area (Å²) in [6.45, 7) is 0.515. The van der Waals surface area contributed by atoms with Crippen LogP contribution >= 0.6 is 0 Å². The van der Waals surface area contributed by atoms with Crippen LogP contribution in [0.15, 0.2) is 18.2 Å². The van der Waals surface area contributed by atoms with E-state index in [9.17, 15) is 4.79 Å². The Morgan fingerprint density at radius 1 is 1.53 bits per heavy atom. The summed E-state index contributed by atoms with van der Waals surface area (Å²) in [5, 5.41) is 15.9. The van der Waals surface area contributed by atoms with Gasteiger partial charge in [0, 0.05) is 23.9 Å². The monoisotopic (exact) mass is 229 g/mol. The minimum Gasteiger partial charge on any atom is -0.476 e. The minimum atomic E-state index is -1.05. The molecule has 2 rings (SSSR count). The Hall–Kier alpha value is -2.32. The molecule has 0 fully saturated rings. The number of benzene rings is 1. The van der Waals surface area contributed by atoms with Gasteiger partial charge in [-0.05, 0) is 18.2 Å². The number of carboxylic acids is 1. The van der Waals surface area contributed by atoms with E-state index >= 15 is 0 Å². The van der Waals surface area contributed by atoms with Gasteiger partial charge in [-0.2, -0.15) is 5.10 Å². The van der Waals surface area contributed by atoms with Gasteiger partial charge in [0.25, 0.3) is 0 Å². The van der Waals surface area contributed by atoms with Crippen LogP contribution in [0.4, 0.5) is 0 Å². The Morgan fingerprint density at radius 3 is 3.06 bits per heavy atom. The number of nitrogens with one attached hydrogen (secondary N) is 1. The Bertz CT molecular complexity index is 619. The first kappa shape index (κ1) is 11.2. The van der Waals surface area contributed by atoms with E-state index in [1.807, 2.05) is 6.07 Å². The summed E-state index contributed by atoms with van der Waals surface area (Å²) >= 11 is 0. The molecule has 1 aromatic carbocycles. The number of aromatic nitrogens is 2. The van der Waals surface area contributed by atoms with Crippen LogP contribution in [-0.4, -0.2) is 27.8 Å². The smallest absolute Gasteiger partial charge is 0.357 e. The highest BCUT2D eigenvalue weighted by molar-refractivity contribution is 6.01. The Balaban J connectivity index is 2.45. The highest BCUT2D eigenvalue weighted by Gasteiger charge is 2.12. The molecule has 0 amide bonds. The van der Waals surface area contributed by atoms with Crippen molar-refractivity contribution in [1.29, 1.82) is 0 Å². The van der Waals surface area contributed by atoms with Crippen molar-refractivity contribution in [1.82, 2.24) is 10.2 Å². The van der Waals surface area contributed by atoms with E-state index in [4.69, 9.17) is 10.8 Å². The summed E-state index contributed by atoms with van der Waals surface area (Å²) in [4.78, 5) is 10.9. The van der Waals surface area contributed by atoms with Gasteiger partial charge in [-0.1, -0.05) is 11.8 Å². The number of aromatic carboxylic acids is 1. The quantitative estimate of drug-likeness (QED) is 0.669. The van der Waals surface area contributed by atoms with Gasteiger partial charge in [-0.3, -0.25) is 5.10 Å². The van der Waals surface area contributed by atoms with Gasteiger partial charge in [0.15, 0.2) is 5.69 Å². The van der Waals surface area contributed by atoms with Crippen molar-refractivity contribution in [3.63, 3.8) is 0 Å². The van der Waals surface area contributed by atoms with E-state index in [1.54, 1.807) is 12.1 Å². The molecule has 0 aliphatic heterocycles. The van der Waals surface area contributed by atoms with Gasteiger partial charge in [0.2, 0.25) is 0 Å². The van der Waals surface area contributed by atoms with E-state index in [2.05, 4.69) is 22.0 Å². The first-order chi connectivity index (χ1) is 8.22. The highest BCUT2D eigenvalue weighted by Crippen LogP contribution is 2.17. The number of carbonyl (C=O) groups is 1. The van der Waals surface area contributed by atoms with E-state index in [1.165, 1.54) is 0 Å². The molecule has 0 aliphatic rings. The minimum absolute atomic E-state index is 0.0162. The molecule has 1 heterocycles. The molecule has 0 unspecified atom stereocenters. The molecular weight excluding hydrogens is 218 g/mol. The van der Waals surface area contributed by atoms with Crippen LogP contribution in [-0.2, 0) is 0 Å². The van der Waals surface area contributed by atoms with E-state index < -0.39 is 5.97 Å². The van der Waals surface area contributed by atoms with E-state index in [0.29, 0.717) is 23.9 Å². The molecule has 5 nitrogen and oxygen atoms in total. The van der Waals surface area contributed by atoms with Gasteiger partial charge in [0.1, 0.15) is 0 Å². The van der Waals surface area contributed by atoms with E-state index in [0.717, 1.165) is 5.56 Å². The molecule has 86 valence electrons. The number of fused-ring (bicyclic) bond motifs is 1. The van der Waals surface area contributed by atoms with Crippen molar-refractivity contribution in [2.45, 2.75) is 6.42 Å². The zero-order valence-corrected chi connectivity index (χ0v) is 9.03. The normalized spacial score (nSPS) is 9.94. The van der Waals surface area contributed by atoms with Gasteiger partial charge >= 0.3 is 5.97 Å².